The number of nitrogens with zero attached hydrogens (tertiary/aromatic N) is 2. The van der Waals surface area contributed by atoms with Crippen LogP contribution in [0.2, 0.25) is 0 Å². The maximum absolute atomic E-state index is 12.1. The largest absolute Gasteiger partial charge is 0.383 e. The monoisotopic (exact) mass is 283 g/mol. The van der Waals surface area contributed by atoms with E-state index in [1.54, 1.807) is 12.0 Å². The first-order valence-electron chi connectivity index (χ1n) is 7.24. The molecule has 0 aliphatic carbocycles. The van der Waals surface area contributed by atoms with E-state index < -0.39 is 0 Å². The number of methoxy groups -OCH3 is 1. The molecule has 0 saturated carbocycles. The van der Waals surface area contributed by atoms with Crippen molar-refractivity contribution in [2.45, 2.75) is 31.8 Å². The Hall–Kier alpha value is -1.16. The van der Waals surface area contributed by atoms with E-state index in [1.165, 1.54) is 0 Å². The first-order valence-corrected chi connectivity index (χ1v) is 7.24. The number of hydrogen-bond acceptors (Lipinski definition) is 5. The van der Waals surface area contributed by atoms with Crippen molar-refractivity contribution in [3.63, 3.8) is 0 Å². The van der Waals surface area contributed by atoms with Gasteiger partial charge >= 0.3 is 0 Å². The van der Waals surface area contributed by atoms with Gasteiger partial charge in [-0.05, 0) is 25.9 Å². The Kier molecular flexibility index (Phi) is 8.96. The lowest BCUT2D eigenvalue weighted by atomic mass is 10.1. The second-order valence-corrected chi connectivity index (χ2v) is 4.85. The van der Waals surface area contributed by atoms with Crippen molar-refractivity contribution in [3.05, 3.63) is 0 Å². The molecule has 0 aromatic rings. The van der Waals surface area contributed by atoms with Crippen LogP contribution in [0.1, 0.15) is 25.7 Å². The van der Waals surface area contributed by atoms with Gasteiger partial charge < -0.3 is 19.7 Å². The molecule has 0 bridgehead atoms. The van der Waals surface area contributed by atoms with Crippen molar-refractivity contribution in [2.24, 2.45) is 0 Å². The summed E-state index contributed by atoms with van der Waals surface area (Å²) >= 11 is 0. The van der Waals surface area contributed by atoms with Crippen LogP contribution in [0.4, 0.5) is 0 Å². The van der Waals surface area contributed by atoms with Gasteiger partial charge in [0.2, 0.25) is 5.91 Å². The van der Waals surface area contributed by atoms with Crippen LogP contribution < -0.4 is 5.32 Å². The summed E-state index contributed by atoms with van der Waals surface area (Å²) in [7, 11) is 1.60. The topological polar surface area (TPSA) is 74.6 Å². The van der Waals surface area contributed by atoms with Crippen LogP contribution in [0.3, 0.4) is 0 Å². The van der Waals surface area contributed by atoms with E-state index in [4.69, 9.17) is 14.7 Å². The second-order valence-electron chi connectivity index (χ2n) is 4.85. The van der Waals surface area contributed by atoms with E-state index in [0.29, 0.717) is 39.1 Å². The molecule has 1 heterocycles. The van der Waals surface area contributed by atoms with Crippen LogP contribution in [0.15, 0.2) is 0 Å². The Bertz CT molecular complexity index is 311. The van der Waals surface area contributed by atoms with Gasteiger partial charge in [0.1, 0.15) is 0 Å². The van der Waals surface area contributed by atoms with E-state index in [1.807, 2.05) is 0 Å². The number of carbonyl (C=O) groups excluding carboxylic acids is 1. The van der Waals surface area contributed by atoms with E-state index in [-0.39, 0.29) is 12.0 Å². The Balaban J connectivity index is 2.23. The zero-order valence-corrected chi connectivity index (χ0v) is 12.3. The Morgan fingerprint density at radius 2 is 2.10 bits per heavy atom. The summed E-state index contributed by atoms with van der Waals surface area (Å²) in [5, 5.41) is 11.9. The summed E-state index contributed by atoms with van der Waals surface area (Å²) in [6, 6.07) is 2.06. The number of piperidine rings is 1. The molecule has 6 nitrogen and oxygen atoms in total. The van der Waals surface area contributed by atoms with Crippen LogP contribution in [0.25, 0.3) is 0 Å². The standard InChI is InChI=1S/C14H25N3O3/c1-19-12-10-17(9-2-6-15)14(18)5-11-20-13-3-7-16-8-4-13/h13,16H,2-5,7-12H2,1H3. The smallest absolute Gasteiger partial charge is 0.225 e. The summed E-state index contributed by atoms with van der Waals surface area (Å²) in [6.45, 7) is 3.92. The second kappa shape index (κ2) is 10.6. The minimum Gasteiger partial charge on any atom is -0.383 e. The van der Waals surface area contributed by atoms with Gasteiger partial charge in [0, 0.05) is 20.2 Å². The highest BCUT2D eigenvalue weighted by Gasteiger charge is 2.16. The first-order chi connectivity index (χ1) is 9.77. The lowest BCUT2D eigenvalue weighted by Crippen LogP contribution is -2.36. The van der Waals surface area contributed by atoms with Gasteiger partial charge in [-0.2, -0.15) is 5.26 Å². The third-order valence-electron chi connectivity index (χ3n) is 3.37. The van der Waals surface area contributed by atoms with Gasteiger partial charge in [-0.3, -0.25) is 4.79 Å². The van der Waals surface area contributed by atoms with Crippen molar-refractivity contribution in [1.29, 1.82) is 5.26 Å². The number of carbonyl (C=O) groups is 1. The molecule has 114 valence electrons. The summed E-state index contributed by atoms with van der Waals surface area (Å²) < 4.78 is 10.7. The summed E-state index contributed by atoms with van der Waals surface area (Å²) in [4.78, 5) is 13.7. The summed E-state index contributed by atoms with van der Waals surface area (Å²) in [6.07, 6.45) is 3.02. The Morgan fingerprint density at radius 3 is 2.75 bits per heavy atom. The predicted molar refractivity (Wildman–Crippen MR) is 75.1 cm³/mol. The maximum Gasteiger partial charge on any atom is 0.225 e. The number of ether oxygens (including phenoxy) is 2. The molecule has 1 fully saturated rings. The fourth-order valence-corrected chi connectivity index (χ4v) is 2.18. The fraction of sp³-hybridized carbons (Fsp3) is 0.857. The highest BCUT2D eigenvalue weighted by Crippen LogP contribution is 2.08. The molecule has 0 aromatic heterocycles. The van der Waals surface area contributed by atoms with Crippen molar-refractivity contribution in [3.8, 4) is 6.07 Å². The molecule has 0 unspecified atom stereocenters. The van der Waals surface area contributed by atoms with Crippen LogP contribution in [-0.2, 0) is 14.3 Å². The molecule has 0 radical (unpaired) electrons. The van der Waals surface area contributed by atoms with Crippen molar-refractivity contribution in [2.75, 3.05) is 46.5 Å². The van der Waals surface area contributed by atoms with E-state index >= 15 is 0 Å². The number of nitrogens with one attached hydrogen (secondary N) is 1. The van der Waals surface area contributed by atoms with E-state index in [0.717, 1.165) is 25.9 Å². The lowest BCUT2D eigenvalue weighted by Gasteiger charge is -2.24. The first kappa shape index (κ1) is 16.9. The van der Waals surface area contributed by atoms with Gasteiger partial charge in [-0.1, -0.05) is 0 Å². The van der Waals surface area contributed by atoms with Gasteiger partial charge in [-0.25, -0.2) is 0 Å². The van der Waals surface area contributed by atoms with Crippen molar-refractivity contribution in [1.82, 2.24) is 10.2 Å². The zero-order valence-electron chi connectivity index (χ0n) is 12.3. The zero-order chi connectivity index (χ0) is 14.6. The quantitative estimate of drug-likeness (QED) is 0.668. The molecule has 1 saturated heterocycles. The lowest BCUT2D eigenvalue weighted by molar-refractivity contribution is -0.133. The number of hydrogen-bond donors (Lipinski definition) is 1. The molecular formula is C14H25N3O3. The molecule has 6 heteroatoms. The summed E-state index contributed by atoms with van der Waals surface area (Å²) in [5.41, 5.74) is 0. The average molecular weight is 283 g/mol. The van der Waals surface area contributed by atoms with Gasteiger partial charge in [0.25, 0.3) is 0 Å². The molecule has 1 rings (SSSR count). The Morgan fingerprint density at radius 1 is 1.35 bits per heavy atom. The molecule has 0 atom stereocenters. The Labute approximate surface area is 121 Å². The van der Waals surface area contributed by atoms with Crippen molar-refractivity contribution >= 4 is 5.91 Å². The molecule has 1 N–H and O–H groups in total. The molecule has 0 aromatic carbocycles. The third kappa shape index (κ3) is 6.85. The minimum absolute atomic E-state index is 0.0336. The number of rotatable bonds is 9. The van der Waals surface area contributed by atoms with Crippen LogP contribution in [0, 0.1) is 11.3 Å². The van der Waals surface area contributed by atoms with Crippen LogP contribution in [0.5, 0.6) is 0 Å². The fourth-order valence-electron chi connectivity index (χ4n) is 2.18. The molecule has 1 aliphatic heterocycles. The average Bonchev–Trinajstić information content (AvgIpc) is 2.48. The normalized spacial score (nSPS) is 15.8. The molecule has 1 amide bonds. The van der Waals surface area contributed by atoms with Gasteiger partial charge in [-0.15, -0.1) is 0 Å². The van der Waals surface area contributed by atoms with Crippen LogP contribution in [-0.4, -0.2) is 63.4 Å². The van der Waals surface area contributed by atoms with E-state index in [2.05, 4.69) is 11.4 Å². The molecule has 1 aliphatic rings. The SMILES string of the molecule is COCCN(CCC#N)C(=O)CCOC1CCNCC1. The molecular weight excluding hydrogens is 258 g/mol. The predicted octanol–water partition coefficient (Wildman–Crippen LogP) is 0.534. The highest BCUT2D eigenvalue weighted by atomic mass is 16.5. The van der Waals surface area contributed by atoms with E-state index in [9.17, 15) is 4.79 Å². The van der Waals surface area contributed by atoms with Gasteiger partial charge in [0.15, 0.2) is 0 Å². The highest BCUT2D eigenvalue weighted by molar-refractivity contribution is 5.76. The maximum atomic E-state index is 12.1. The molecule has 20 heavy (non-hydrogen) atoms. The molecule has 0 spiro atoms. The van der Waals surface area contributed by atoms with Gasteiger partial charge in [0.05, 0.1) is 38.2 Å². The van der Waals surface area contributed by atoms with Crippen molar-refractivity contribution < 1.29 is 14.3 Å². The number of nitriles is 1. The minimum atomic E-state index is 0.0336. The summed E-state index contributed by atoms with van der Waals surface area (Å²) in [5.74, 6) is 0.0336. The van der Waals surface area contributed by atoms with Crippen LogP contribution >= 0.6 is 0 Å². The number of amides is 1. The third-order valence-corrected chi connectivity index (χ3v) is 3.37.